The molecule has 8 nitrogen and oxygen atoms in total. The third-order valence-electron chi connectivity index (χ3n) is 4.54. The topological polar surface area (TPSA) is 123 Å². The average Bonchev–Trinajstić information content (AvgIpc) is 2.72. The van der Waals surface area contributed by atoms with Gasteiger partial charge in [-0.1, -0.05) is 18.2 Å². The average molecular weight is 395 g/mol. The summed E-state index contributed by atoms with van der Waals surface area (Å²) in [5.41, 5.74) is 1.57. The van der Waals surface area contributed by atoms with Crippen molar-refractivity contribution in [3.05, 3.63) is 70.0 Å². The van der Waals surface area contributed by atoms with Gasteiger partial charge in [0.2, 0.25) is 5.91 Å². The number of pyridine rings is 1. The second kappa shape index (κ2) is 8.68. The number of nitrogens with zero attached hydrogens (tertiary/aromatic N) is 1. The van der Waals surface area contributed by atoms with Gasteiger partial charge in [-0.15, -0.1) is 0 Å². The number of H-pyrrole nitrogens is 1. The van der Waals surface area contributed by atoms with Crippen LogP contribution >= 0.6 is 0 Å². The number of rotatable bonds is 6. The predicted octanol–water partition coefficient (Wildman–Crippen LogP) is 1.62. The van der Waals surface area contributed by atoms with Crippen molar-refractivity contribution in [2.75, 3.05) is 23.9 Å². The number of hydrogen-bond acceptors (Lipinski definition) is 5. The van der Waals surface area contributed by atoms with E-state index in [9.17, 15) is 14.4 Å². The van der Waals surface area contributed by atoms with Gasteiger partial charge >= 0.3 is 0 Å². The van der Waals surface area contributed by atoms with Crippen LogP contribution < -0.4 is 15.8 Å². The number of benzene rings is 2. The summed E-state index contributed by atoms with van der Waals surface area (Å²) in [5.74, 6) is -0.887. The first kappa shape index (κ1) is 20.2. The molecule has 8 heteroatoms. The standard InChI is InChI=1S/C21H21N3O5/c1-24(14-7-5-13(12-26)6-8-14)21(29)16-11-15-17(22-19(27)9-10-25)3-2-4-18(15)23-20(16)28/h2-8,11,25-26H,9-10,12H2,1H3,(H,22,27)(H,23,28). The van der Waals surface area contributed by atoms with E-state index in [-0.39, 0.29) is 31.1 Å². The number of aromatic amines is 1. The highest BCUT2D eigenvalue weighted by atomic mass is 16.3. The molecule has 0 saturated carbocycles. The lowest BCUT2D eigenvalue weighted by Crippen LogP contribution is -2.31. The molecular weight excluding hydrogens is 374 g/mol. The molecule has 4 N–H and O–H groups in total. The van der Waals surface area contributed by atoms with Gasteiger partial charge in [-0.25, -0.2) is 0 Å². The lowest BCUT2D eigenvalue weighted by molar-refractivity contribution is -0.116. The Balaban J connectivity index is 1.99. The molecular formula is C21H21N3O5. The first-order valence-electron chi connectivity index (χ1n) is 8.99. The quantitative estimate of drug-likeness (QED) is 0.505. The van der Waals surface area contributed by atoms with E-state index in [0.29, 0.717) is 27.8 Å². The van der Waals surface area contributed by atoms with Crippen LogP contribution in [0.3, 0.4) is 0 Å². The minimum absolute atomic E-state index is 0.0574. The van der Waals surface area contributed by atoms with Gasteiger partial charge in [-0.2, -0.15) is 0 Å². The number of aromatic nitrogens is 1. The number of nitrogens with one attached hydrogen (secondary N) is 2. The number of hydrogen-bond donors (Lipinski definition) is 4. The first-order chi connectivity index (χ1) is 13.9. The summed E-state index contributed by atoms with van der Waals surface area (Å²) < 4.78 is 0. The molecule has 1 aromatic heterocycles. The lowest BCUT2D eigenvalue weighted by atomic mass is 10.1. The van der Waals surface area contributed by atoms with Crippen molar-refractivity contribution in [1.29, 1.82) is 0 Å². The third-order valence-corrected chi connectivity index (χ3v) is 4.54. The van der Waals surface area contributed by atoms with E-state index >= 15 is 0 Å². The maximum Gasteiger partial charge on any atom is 0.263 e. The summed E-state index contributed by atoms with van der Waals surface area (Å²) in [5, 5.41) is 21.2. The molecule has 0 bridgehead atoms. The van der Waals surface area contributed by atoms with Gasteiger partial charge in [0.25, 0.3) is 11.5 Å². The lowest BCUT2D eigenvalue weighted by Gasteiger charge is -2.18. The molecule has 1 heterocycles. The van der Waals surface area contributed by atoms with Crippen LogP contribution in [0.25, 0.3) is 10.9 Å². The number of aliphatic hydroxyl groups excluding tert-OH is 2. The Kier molecular flexibility index (Phi) is 6.06. The molecule has 2 amide bonds. The van der Waals surface area contributed by atoms with Crippen LogP contribution in [0.4, 0.5) is 11.4 Å². The first-order valence-corrected chi connectivity index (χ1v) is 8.99. The molecule has 0 spiro atoms. The van der Waals surface area contributed by atoms with Crippen molar-refractivity contribution < 1.29 is 19.8 Å². The molecule has 0 saturated heterocycles. The second-order valence-corrected chi connectivity index (χ2v) is 6.49. The van der Waals surface area contributed by atoms with Crippen LogP contribution in [0.1, 0.15) is 22.3 Å². The zero-order valence-electron chi connectivity index (χ0n) is 15.8. The van der Waals surface area contributed by atoms with Gasteiger partial charge in [-0.05, 0) is 35.9 Å². The Morgan fingerprint density at radius 1 is 1.10 bits per heavy atom. The van der Waals surface area contributed by atoms with E-state index in [1.54, 1.807) is 49.5 Å². The van der Waals surface area contributed by atoms with Crippen molar-refractivity contribution >= 4 is 34.1 Å². The van der Waals surface area contributed by atoms with Crippen LogP contribution in [0.5, 0.6) is 0 Å². The van der Waals surface area contributed by atoms with Crippen molar-refractivity contribution in [2.24, 2.45) is 0 Å². The van der Waals surface area contributed by atoms with E-state index in [2.05, 4.69) is 10.3 Å². The molecule has 0 aliphatic carbocycles. The van der Waals surface area contributed by atoms with Crippen molar-refractivity contribution in [1.82, 2.24) is 4.98 Å². The van der Waals surface area contributed by atoms with E-state index in [4.69, 9.17) is 10.2 Å². The number of anilines is 2. The van der Waals surface area contributed by atoms with E-state index < -0.39 is 11.5 Å². The minimum atomic E-state index is -0.542. The molecule has 0 aliphatic heterocycles. The highest BCUT2D eigenvalue weighted by Crippen LogP contribution is 2.23. The van der Waals surface area contributed by atoms with Crippen LogP contribution in [-0.4, -0.2) is 40.7 Å². The summed E-state index contributed by atoms with van der Waals surface area (Å²) >= 11 is 0. The van der Waals surface area contributed by atoms with Crippen LogP contribution in [-0.2, 0) is 11.4 Å². The van der Waals surface area contributed by atoms with Crippen molar-refractivity contribution in [3.8, 4) is 0 Å². The summed E-state index contributed by atoms with van der Waals surface area (Å²) in [7, 11) is 1.55. The molecule has 2 aromatic carbocycles. The Morgan fingerprint density at radius 2 is 1.83 bits per heavy atom. The zero-order valence-corrected chi connectivity index (χ0v) is 15.8. The smallest absolute Gasteiger partial charge is 0.263 e. The predicted molar refractivity (Wildman–Crippen MR) is 110 cm³/mol. The van der Waals surface area contributed by atoms with Gasteiger partial charge < -0.3 is 25.4 Å². The van der Waals surface area contributed by atoms with E-state index in [1.165, 1.54) is 11.0 Å². The summed E-state index contributed by atoms with van der Waals surface area (Å²) in [6, 6.07) is 13.2. The maximum absolute atomic E-state index is 12.9. The molecule has 0 aliphatic rings. The normalized spacial score (nSPS) is 10.7. The van der Waals surface area contributed by atoms with Gasteiger partial charge in [0, 0.05) is 18.1 Å². The minimum Gasteiger partial charge on any atom is -0.396 e. The van der Waals surface area contributed by atoms with Gasteiger partial charge in [0.1, 0.15) is 5.56 Å². The van der Waals surface area contributed by atoms with Crippen LogP contribution in [0.2, 0.25) is 0 Å². The summed E-state index contributed by atoms with van der Waals surface area (Å²) in [6.07, 6.45) is -0.0574. The largest absolute Gasteiger partial charge is 0.396 e. The van der Waals surface area contributed by atoms with Crippen molar-refractivity contribution in [3.63, 3.8) is 0 Å². The number of carbonyl (C=O) groups excluding carboxylic acids is 2. The molecule has 29 heavy (non-hydrogen) atoms. The molecule has 0 fully saturated rings. The van der Waals surface area contributed by atoms with Gasteiger partial charge in [0.05, 0.1) is 30.8 Å². The molecule has 3 aromatic rings. The Morgan fingerprint density at radius 3 is 2.48 bits per heavy atom. The highest BCUT2D eigenvalue weighted by Gasteiger charge is 2.19. The fourth-order valence-corrected chi connectivity index (χ4v) is 2.93. The number of carbonyl (C=O) groups is 2. The summed E-state index contributed by atoms with van der Waals surface area (Å²) in [4.78, 5) is 41.3. The number of amides is 2. The molecule has 0 atom stereocenters. The Hall–Kier alpha value is -3.49. The molecule has 0 unspecified atom stereocenters. The van der Waals surface area contributed by atoms with Gasteiger partial charge in [-0.3, -0.25) is 14.4 Å². The molecule has 3 rings (SSSR count). The highest BCUT2D eigenvalue weighted by molar-refractivity contribution is 6.09. The monoisotopic (exact) mass is 395 g/mol. The van der Waals surface area contributed by atoms with E-state index in [1.807, 2.05) is 0 Å². The van der Waals surface area contributed by atoms with Crippen molar-refractivity contribution in [2.45, 2.75) is 13.0 Å². The van der Waals surface area contributed by atoms with Gasteiger partial charge in [0.15, 0.2) is 0 Å². The fourth-order valence-electron chi connectivity index (χ4n) is 2.93. The molecule has 0 radical (unpaired) electrons. The van der Waals surface area contributed by atoms with Crippen LogP contribution in [0.15, 0.2) is 53.3 Å². The second-order valence-electron chi connectivity index (χ2n) is 6.49. The number of aliphatic hydroxyl groups is 2. The third kappa shape index (κ3) is 4.34. The fraction of sp³-hybridized carbons (Fsp3) is 0.190. The SMILES string of the molecule is CN(C(=O)c1cc2c(NC(=O)CCO)cccc2[nH]c1=O)c1ccc(CO)cc1. The zero-order chi connectivity index (χ0) is 21.0. The van der Waals surface area contributed by atoms with E-state index in [0.717, 1.165) is 0 Å². The van der Waals surface area contributed by atoms with Crippen LogP contribution in [0, 0.1) is 0 Å². The summed E-state index contributed by atoms with van der Waals surface area (Å²) in [6.45, 7) is -0.385. The molecule has 150 valence electrons. The Labute approximate surface area is 166 Å². The number of fused-ring (bicyclic) bond motifs is 1. The maximum atomic E-state index is 12.9. The Bertz CT molecular complexity index is 1110.